The molecule has 0 bridgehead atoms. The number of carboxylic acids is 1. The van der Waals surface area contributed by atoms with Gasteiger partial charge in [-0.3, -0.25) is 4.79 Å². The van der Waals surface area contributed by atoms with Crippen LogP contribution in [0.15, 0.2) is 0 Å². The van der Waals surface area contributed by atoms with Gasteiger partial charge in [-0.25, -0.2) is 0 Å². The number of carbonyl (C=O) groups is 1. The third-order valence-corrected chi connectivity index (χ3v) is 11.2. The largest absolute Gasteiger partial charge is 0.481 e. The molecule has 33 heavy (non-hydrogen) atoms. The van der Waals surface area contributed by atoms with E-state index < -0.39 is 5.97 Å². The molecule has 3 N–H and O–H groups in total. The van der Waals surface area contributed by atoms with Crippen molar-refractivity contribution in [2.75, 3.05) is 13.2 Å². The van der Waals surface area contributed by atoms with Crippen LogP contribution in [0.1, 0.15) is 78.6 Å². The molecule has 0 aromatic heterocycles. The molecule has 6 nitrogen and oxygen atoms in total. The second-order valence-electron chi connectivity index (χ2n) is 12.7. The standard InChI is InChI=1S/C27H44O6/c1-15(4-7-24(30)31)19-5-6-20-25-21(12-23(29)27(19,20)3)26(2)9-8-17(32-13-18-14-33-18)10-16(26)11-22(25)28/h15-23,25,28-29H,4-14H2,1-3H3,(H,30,31)/t15-,16+,17-,18?,19-,20+,21+,22-,23+,25+,26+,27-/m1/s1. The Morgan fingerprint density at radius 3 is 2.58 bits per heavy atom. The van der Waals surface area contributed by atoms with Gasteiger partial charge in [0.1, 0.15) is 6.10 Å². The summed E-state index contributed by atoms with van der Waals surface area (Å²) in [6, 6.07) is 0. The highest BCUT2D eigenvalue weighted by atomic mass is 16.6. The van der Waals surface area contributed by atoms with E-state index in [1.807, 2.05) is 0 Å². The van der Waals surface area contributed by atoms with Crippen LogP contribution >= 0.6 is 0 Å². The number of fused-ring (bicyclic) bond motifs is 5. The average Bonchev–Trinajstić information content (AvgIpc) is 3.52. The van der Waals surface area contributed by atoms with Gasteiger partial charge in [-0.05, 0) is 97.7 Å². The van der Waals surface area contributed by atoms with Crippen LogP contribution in [0.3, 0.4) is 0 Å². The van der Waals surface area contributed by atoms with Gasteiger partial charge >= 0.3 is 5.97 Å². The number of ether oxygens (including phenoxy) is 2. The Balaban J connectivity index is 1.33. The van der Waals surface area contributed by atoms with Gasteiger partial charge < -0.3 is 24.8 Å². The number of hydrogen-bond donors (Lipinski definition) is 3. The van der Waals surface area contributed by atoms with Crippen molar-refractivity contribution in [3.63, 3.8) is 0 Å². The second-order valence-corrected chi connectivity index (χ2v) is 12.7. The van der Waals surface area contributed by atoms with Gasteiger partial charge in [0.25, 0.3) is 0 Å². The fourth-order valence-corrected chi connectivity index (χ4v) is 9.23. The molecular formula is C27H44O6. The maximum atomic E-state index is 11.6. The summed E-state index contributed by atoms with van der Waals surface area (Å²) in [5.74, 6) is 1.21. The molecule has 4 saturated carbocycles. The van der Waals surface area contributed by atoms with Gasteiger partial charge in [0, 0.05) is 6.42 Å². The lowest BCUT2D eigenvalue weighted by atomic mass is 9.43. The highest BCUT2D eigenvalue weighted by Crippen LogP contribution is 2.68. The Morgan fingerprint density at radius 1 is 1.12 bits per heavy atom. The van der Waals surface area contributed by atoms with E-state index in [4.69, 9.17) is 14.6 Å². The monoisotopic (exact) mass is 464 g/mol. The van der Waals surface area contributed by atoms with Crippen molar-refractivity contribution in [3.05, 3.63) is 0 Å². The molecule has 1 heterocycles. The maximum Gasteiger partial charge on any atom is 0.303 e. The smallest absolute Gasteiger partial charge is 0.303 e. The van der Waals surface area contributed by atoms with Crippen LogP contribution in [0.4, 0.5) is 0 Å². The molecule has 0 spiro atoms. The van der Waals surface area contributed by atoms with E-state index in [1.54, 1.807) is 0 Å². The summed E-state index contributed by atoms with van der Waals surface area (Å²) in [4.78, 5) is 11.1. The Labute approximate surface area is 198 Å². The summed E-state index contributed by atoms with van der Waals surface area (Å²) in [6.07, 6.45) is 7.59. The van der Waals surface area contributed by atoms with Gasteiger partial charge in [-0.15, -0.1) is 0 Å². The minimum absolute atomic E-state index is 0.148. The molecule has 5 aliphatic rings. The molecule has 1 saturated heterocycles. The number of epoxide rings is 1. The van der Waals surface area contributed by atoms with Crippen molar-refractivity contribution in [2.45, 2.75) is 103 Å². The van der Waals surface area contributed by atoms with Gasteiger partial charge in [0.2, 0.25) is 0 Å². The summed E-state index contributed by atoms with van der Waals surface area (Å²) in [5.41, 5.74) is -0.0804. The first kappa shape index (κ1) is 24.0. The maximum absolute atomic E-state index is 11.6. The molecule has 5 fully saturated rings. The number of aliphatic carboxylic acids is 1. The fraction of sp³-hybridized carbons (Fsp3) is 0.963. The van der Waals surface area contributed by atoms with E-state index in [0.717, 1.165) is 51.6 Å². The number of hydrogen-bond acceptors (Lipinski definition) is 5. The summed E-state index contributed by atoms with van der Waals surface area (Å²) >= 11 is 0. The van der Waals surface area contributed by atoms with E-state index in [1.165, 1.54) is 0 Å². The quantitative estimate of drug-likeness (QED) is 0.495. The van der Waals surface area contributed by atoms with Crippen LogP contribution in [0.5, 0.6) is 0 Å². The SMILES string of the molecule is C[C@H](CCC(=O)O)[C@H]1CC[C@H]2[C@@H]3[C@H](O)C[C@@H]4C[C@H](OCC5CO5)CC[C@]4(C)[C@H]3C[C@H](O)[C@]12C. The van der Waals surface area contributed by atoms with Crippen LogP contribution in [-0.4, -0.2) is 58.9 Å². The number of aliphatic hydroxyl groups is 2. The lowest BCUT2D eigenvalue weighted by molar-refractivity contribution is -0.209. The first-order valence-corrected chi connectivity index (χ1v) is 13.5. The van der Waals surface area contributed by atoms with Crippen LogP contribution < -0.4 is 0 Å². The van der Waals surface area contributed by atoms with Crippen molar-refractivity contribution in [2.24, 2.45) is 46.3 Å². The van der Waals surface area contributed by atoms with Crippen molar-refractivity contribution in [1.82, 2.24) is 0 Å². The van der Waals surface area contributed by atoms with Crippen LogP contribution in [0.2, 0.25) is 0 Å². The predicted molar refractivity (Wildman–Crippen MR) is 124 cm³/mol. The van der Waals surface area contributed by atoms with Gasteiger partial charge in [0.05, 0.1) is 31.5 Å². The Morgan fingerprint density at radius 2 is 1.88 bits per heavy atom. The van der Waals surface area contributed by atoms with Crippen molar-refractivity contribution >= 4 is 5.97 Å². The highest BCUT2D eigenvalue weighted by molar-refractivity contribution is 5.66. The fourth-order valence-electron chi connectivity index (χ4n) is 9.23. The summed E-state index contributed by atoms with van der Waals surface area (Å²) in [5, 5.41) is 32.3. The second kappa shape index (κ2) is 8.76. The molecule has 188 valence electrons. The zero-order chi connectivity index (χ0) is 23.5. The van der Waals surface area contributed by atoms with Crippen LogP contribution in [0, 0.1) is 46.3 Å². The minimum Gasteiger partial charge on any atom is -0.481 e. The van der Waals surface area contributed by atoms with E-state index in [0.29, 0.717) is 42.8 Å². The topological polar surface area (TPSA) is 99.5 Å². The zero-order valence-electron chi connectivity index (χ0n) is 20.6. The Kier molecular flexibility index (Phi) is 6.38. The van der Waals surface area contributed by atoms with Crippen molar-refractivity contribution in [3.8, 4) is 0 Å². The van der Waals surface area contributed by atoms with Gasteiger partial charge in [-0.1, -0.05) is 20.8 Å². The molecule has 5 rings (SSSR count). The van der Waals surface area contributed by atoms with E-state index >= 15 is 0 Å². The summed E-state index contributed by atoms with van der Waals surface area (Å²) in [7, 11) is 0. The average molecular weight is 465 g/mol. The normalized spacial score (nSPS) is 51.8. The first-order valence-electron chi connectivity index (χ1n) is 13.5. The van der Waals surface area contributed by atoms with Crippen molar-refractivity contribution in [1.29, 1.82) is 0 Å². The zero-order valence-corrected chi connectivity index (χ0v) is 20.6. The van der Waals surface area contributed by atoms with Crippen LogP contribution in [-0.2, 0) is 14.3 Å². The molecule has 0 aromatic carbocycles. The van der Waals surface area contributed by atoms with Crippen molar-refractivity contribution < 1.29 is 29.6 Å². The third kappa shape index (κ3) is 4.07. The number of aliphatic hydroxyl groups excluding tert-OH is 2. The van der Waals surface area contributed by atoms with E-state index in [9.17, 15) is 15.0 Å². The molecule has 6 heteroatoms. The molecule has 0 amide bonds. The third-order valence-electron chi connectivity index (χ3n) is 11.2. The molecule has 12 atom stereocenters. The lowest BCUT2D eigenvalue weighted by Gasteiger charge is -2.63. The molecule has 0 aromatic rings. The van der Waals surface area contributed by atoms with Gasteiger partial charge in [0.15, 0.2) is 0 Å². The molecule has 1 aliphatic heterocycles. The number of rotatable bonds is 7. The number of carboxylic acid groups (broad SMARTS) is 1. The lowest BCUT2D eigenvalue weighted by Crippen LogP contribution is -2.62. The van der Waals surface area contributed by atoms with Crippen LogP contribution in [0.25, 0.3) is 0 Å². The Hall–Kier alpha value is -0.690. The molecular weight excluding hydrogens is 420 g/mol. The minimum atomic E-state index is -0.739. The molecule has 1 unspecified atom stereocenters. The van der Waals surface area contributed by atoms with E-state index in [-0.39, 0.29) is 47.4 Å². The van der Waals surface area contributed by atoms with Gasteiger partial charge in [-0.2, -0.15) is 0 Å². The molecule has 4 aliphatic carbocycles. The Bertz CT molecular complexity index is 738. The summed E-state index contributed by atoms with van der Waals surface area (Å²) in [6.45, 7) is 8.37. The predicted octanol–water partition coefficient (Wildman–Crippen LogP) is 3.87. The van der Waals surface area contributed by atoms with E-state index in [2.05, 4.69) is 20.8 Å². The summed E-state index contributed by atoms with van der Waals surface area (Å²) < 4.78 is 11.5. The molecule has 0 radical (unpaired) electrons. The first-order chi connectivity index (χ1) is 15.6. The highest BCUT2D eigenvalue weighted by Gasteiger charge is 2.65.